The summed E-state index contributed by atoms with van der Waals surface area (Å²) in [6.07, 6.45) is 3.94. The van der Waals surface area contributed by atoms with Gasteiger partial charge in [-0.3, -0.25) is 4.79 Å². The molecule has 0 aromatic carbocycles. The normalized spacial score (nSPS) is 18.5. The SMILES string of the molecule is CCCOC(=O)CC1CCSCC1. The van der Waals surface area contributed by atoms with E-state index >= 15 is 0 Å². The Balaban J connectivity index is 2.11. The third kappa shape index (κ3) is 4.55. The molecule has 0 unspecified atom stereocenters. The molecule has 0 aromatic rings. The lowest BCUT2D eigenvalue weighted by Crippen LogP contribution is -2.16. The van der Waals surface area contributed by atoms with Gasteiger partial charge in [-0.1, -0.05) is 6.92 Å². The number of ether oxygens (including phenoxy) is 1. The molecule has 0 amide bonds. The second-order valence-corrected chi connectivity index (χ2v) is 4.71. The number of hydrogen-bond donors (Lipinski definition) is 0. The first-order chi connectivity index (χ1) is 6.33. The number of esters is 1. The first-order valence-corrected chi connectivity index (χ1v) is 6.21. The quantitative estimate of drug-likeness (QED) is 0.655. The third-order valence-electron chi connectivity index (χ3n) is 2.26. The first kappa shape index (κ1) is 10.9. The monoisotopic (exact) mass is 202 g/mol. The number of rotatable bonds is 4. The third-order valence-corrected chi connectivity index (χ3v) is 3.31. The molecule has 3 heteroatoms. The van der Waals surface area contributed by atoms with Crippen LogP contribution in [0.5, 0.6) is 0 Å². The van der Waals surface area contributed by atoms with Crippen LogP contribution < -0.4 is 0 Å². The minimum Gasteiger partial charge on any atom is -0.466 e. The van der Waals surface area contributed by atoms with Crippen LogP contribution in [0.25, 0.3) is 0 Å². The summed E-state index contributed by atoms with van der Waals surface area (Å²) in [4.78, 5) is 11.2. The molecule has 1 aliphatic heterocycles. The zero-order valence-electron chi connectivity index (χ0n) is 8.25. The van der Waals surface area contributed by atoms with Crippen molar-refractivity contribution in [2.24, 2.45) is 5.92 Å². The molecule has 0 bridgehead atoms. The van der Waals surface area contributed by atoms with E-state index in [2.05, 4.69) is 0 Å². The molecule has 0 saturated carbocycles. The summed E-state index contributed by atoms with van der Waals surface area (Å²) in [5.74, 6) is 3.02. The Labute approximate surface area is 84.4 Å². The summed E-state index contributed by atoms with van der Waals surface area (Å²) in [5, 5.41) is 0. The van der Waals surface area contributed by atoms with Gasteiger partial charge in [-0.25, -0.2) is 0 Å². The van der Waals surface area contributed by atoms with Crippen molar-refractivity contribution < 1.29 is 9.53 Å². The van der Waals surface area contributed by atoms with E-state index in [9.17, 15) is 4.79 Å². The van der Waals surface area contributed by atoms with Crippen LogP contribution >= 0.6 is 11.8 Å². The standard InChI is InChI=1S/C10H18O2S/c1-2-5-12-10(11)8-9-3-6-13-7-4-9/h9H,2-8H2,1H3. The van der Waals surface area contributed by atoms with Gasteiger partial charge in [0.1, 0.15) is 0 Å². The molecule has 1 fully saturated rings. The van der Waals surface area contributed by atoms with Gasteiger partial charge in [0.05, 0.1) is 6.61 Å². The van der Waals surface area contributed by atoms with E-state index in [-0.39, 0.29) is 5.97 Å². The van der Waals surface area contributed by atoms with Crippen molar-refractivity contribution in [3.63, 3.8) is 0 Å². The lowest BCUT2D eigenvalue weighted by atomic mass is 9.99. The Morgan fingerprint density at radius 3 is 2.77 bits per heavy atom. The molecule has 0 spiro atoms. The second-order valence-electron chi connectivity index (χ2n) is 3.48. The Bertz CT molecular complexity index is 153. The van der Waals surface area contributed by atoms with Gasteiger partial charge in [-0.15, -0.1) is 0 Å². The van der Waals surface area contributed by atoms with Crippen molar-refractivity contribution in [1.29, 1.82) is 0 Å². The van der Waals surface area contributed by atoms with E-state index in [1.165, 1.54) is 24.3 Å². The van der Waals surface area contributed by atoms with Gasteiger partial charge in [0, 0.05) is 6.42 Å². The molecular formula is C10H18O2S. The number of hydrogen-bond acceptors (Lipinski definition) is 3. The topological polar surface area (TPSA) is 26.3 Å². The predicted molar refractivity (Wildman–Crippen MR) is 55.9 cm³/mol. The fraction of sp³-hybridized carbons (Fsp3) is 0.900. The maximum atomic E-state index is 11.2. The summed E-state index contributed by atoms with van der Waals surface area (Å²) in [6.45, 7) is 2.60. The summed E-state index contributed by atoms with van der Waals surface area (Å²) in [7, 11) is 0. The molecule has 76 valence electrons. The Morgan fingerprint density at radius 2 is 2.15 bits per heavy atom. The highest BCUT2D eigenvalue weighted by atomic mass is 32.2. The van der Waals surface area contributed by atoms with Crippen LogP contribution in [0.1, 0.15) is 32.6 Å². The molecule has 0 radical (unpaired) electrons. The summed E-state index contributed by atoms with van der Waals surface area (Å²) in [5.41, 5.74) is 0. The van der Waals surface area contributed by atoms with Crippen molar-refractivity contribution >= 4 is 17.7 Å². The van der Waals surface area contributed by atoms with Crippen molar-refractivity contribution in [3.05, 3.63) is 0 Å². The van der Waals surface area contributed by atoms with E-state index in [1.54, 1.807) is 0 Å². The average Bonchev–Trinajstić information content (AvgIpc) is 2.16. The number of carbonyl (C=O) groups is 1. The van der Waals surface area contributed by atoms with Crippen LogP contribution in [0.4, 0.5) is 0 Å². The molecule has 1 saturated heterocycles. The second kappa shape index (κ2) is 6.30. The predicted octanol–water partition coefficient (Wildman–Crippen LogP) is 2.47. The van der Waals surface area contributed by atoms with Gasteiger partial charge in [0.25, 0.3) is 0 Å². The Kier molecular flexibility index (Phi) is 5.28. The van der Waals surface area contributed by atoms with Crippen LogP contribution in [0, 0.1) is 5.92 Å². The zero-order valence-corrected chi connectivity index (χ0v) is 9.07. The molecule has 2 nitrogen and oxygen atoms in total. The lowest BCUT2D eigenvalue weighted by Gasteiger charge is -2.20. The van der Waals surface area contributed by atoms with E-state index in [4.69, 9.17) is 4.74 Å². The Hall–Kier alpha value is -0.180. The van der Waals surface area contributed by atoms with Gasteiger partial charge < -0.3 is 4.74 Å². The average molecular weight is 202 g/mol. The molecule has 1 rings (SSSR count). The van der Waals surface area contributed by atoms with Crippen molar-refractivity contribution in [2.75, 3.05) is 18.1 Å². The fourth-order valence-electron chi connectivity index (χ4n) is 1.46. The molecule has 0 N–H and O–H groups in total. The van der Waals surface area contributed by atoms with Gasteiger partial charge in [0.2, 0.25) is 0 Å². The van der Waals surface area contributed by atoms with Crippen LogP contribution in [-0.4, -0.2) is 24.1 Å². The zero-order chi connectivity index (χ0) is 9.52. The van der Waals surface area contributed by atoms with Crippen LogP contribution in [0.2, 0.25) is 0 Å². The van der Waals surface area contributed by atoms with Gasteiger partial charge in [0.15, 0.2) is 0 Å². The first-order valence-electron chi connectivity index (χ1n) is 5.06. The van der Waals surface area contributed by atoms with Gasteiger partial charge in [-0.05, 0) is 36.7 Å². The minimum atomic E-state index is -0.00116. The molecule has 0 aromatic heterocycles. The molecule has 1 heterocycles. The maximum Gasteiger partial charge on any atom is 0.306 e. The summed E-state index contributed by atoms with van der Waals surface area (Å²) in [6, 6.07) is 0. The van der Waals surface area contributed by atoms with Crippen molar-refractivity contribution in [1.82, 2.24) is 0 Å². The Morgan fingerprint density at radius 1 is 1.46 bits per heavy atom. The largest absolute Gasteiger partial charge is 0.466 e. The lowest BCUT2D eigenvalue weighted by molar-refractivity contribution is -0.144. The van der Waals surface area contributed by atoms with E-state index in [0.29, 0.717) is 18.9 Å². The number of carbonyl (C=O) groups excluding carboxylic acids is 1. The highest BCUT2D eigenvalue weighted by Crippen LogP contribution is 2.25. The fourth-order valence-corrected chi connectivity index (χ4v) is 2.67. The molecule has 13 heavy (non-hydrogen) atoms. The summed E-state index contributed by atoms with van der Waals surface area (Å²) >= 11 is 1.99. The van der Waals surface area contributed by atoms with Crippen LogP contribution in [-0.2, 0) is 9.53 Å². The van der Waals surface area contributed by atoms with E-state index in [1.807, 2.05) is 18.7 Å². The smallest absolute Gasteiger partial charge is 0.306 e. The van der Waals surface area contributed by atoms with Gasteiger partial charge >= 0.3 is 5.97 Å². The number of thioether (sulfide) groups is 1. The van der Waals surface area contributed by atoms with Crippen molar-refractivity contribution in [2.45, 2.75) is 32.6 Å². The molecule has 0 aliphatic carbocycles. The highest BCUT2D eigenvalue weighted by Gasteiger charge is 2.17. The molecule has 1 aliphatic rings. The molecular weight excluding hydrogens is 184 g/mol. The van der Waals surface area contributed by atoms with Gasteiger partial charge in [-0.2, -0.15) is 11.8 Å². The summed E-state index contributed by atoms with van der Waals surface area (Å²) < 4.78 is 5.05. The minimum absolute atomic E-state index is 0.00116. The maximum absolute atomic E-state index is 11.2. The van der Waals surface area contributed by atoms with Crippen LogP contribution in [0.3, 0.4) is 0 Å². The van der Waals surface area contributed by atoms with E-state index in [0.717, 1.165) is 6.42 Å². The highest BCUT2D eigenvalue weighted by molar-refractivity contribution is 7.99. The van der Waals surface area contributed by atoms with Crippen LogP contribution in [0.15, 0.2) is 0 Å². The molecule has 0 atom stereocenters. The van der Waals surface area contributed by atoms with E-state index < -0.39 is 0 Å². The van der Waals surface area contributed by atoms with Crippen molar-refractivity contribution in [3.8, 4) is 0 Å².